The molecule has 4 N–H and O–H groups in total. The molecule has 0 aliphatic carbocycles. The Hall–Kier alpha value is -2.37. The second-order valence-corrected chi connectivity index (χ2v) is 5.70. The van der Waals surface area contributed by atoms with Gasteiger partial charge in [0.05, 0.1) is 0 Å². The molecule has 0 bridgehead atoms. The second-order valence-electron chi connectivity index (χ2n) is 5.70. The predicted octanol–water partition coefficient (Wildman–Crippen LogP) is 0.0946. The van der Waals surface area contributed by atoms with Crippen molar-refractivity contribution in [1.82, 2.24) is 10.6 Å². The van der Waals surface area contributed by atoms with Gasteiger partial charge in [0.15, 0.2) is 0 Å². The molecule has 1 fully saturated rings. The number of amides is 3. The van der Waals surface area contributed by atoms with E-state index in [4.69, 9.17) is 5.73 Å². The van der Waals surface area contributed by atoms with Crippen LogP contribution in [0.15, 0.2) is 18.2 Å². The lowest BCUT2D eigenvalue weighted by Crippen LogP contribution is -2.51. The number of carbonyl (C=O) groups excluding carboxylic acids is 3. The number of primary amides is 1. The summed E-state index contributed by atoms with van der Waals surface area (Å²) >= 11 is 0. The lowest BCUT2D eigenvalue weighted by atomic mass is 9.96. The van der Waals surface area contributed by atoms with Crippen LogP contribution in [-0.2, 0) is 20.8 Å². The van der Waals surface area contributed by atoms with E-state index in [1.807, 2.05) is 32.0 Å². The Morgan fingerprint density at radius 3 is 2.50 bits per heavy atom. The normalized spacial score (nSPS) is 18.6. The summed E-state index contributed by atoms with van der Waals surface area (Å²) in [6.45, 7) is 3.92. The van der Waals surface area contributed by atoms with Crippen LogP contribution in [0, 0.1) is 13.8 Å². The third-order valence-corrected chi connectivity index (χ3v) is 4.02. The molecule has 6 heteroatoms. The quantitative estimate of drug-likeness (QED) is 0.718. The highest BCUT2D eigenvalue weighted by atomic mass is 16.2. The van der Waals surface area contributed by atoms with Crippen molar-refractivity contribution in [3.05, 3.63) is 34.9 Å². The topological polar surface area (TPSA) is 101 Å². The number of hydrogen-bond acceptors (Lipinski definition) is 3. The summed E-state index contributed by atoms with van der Waals surface area (Å²) < 4.78 is 0. The first-order valence-electron chi connectivity index (χ1n) is 7.32. The molecular weight excluding hydrogens is 282 g/mol. The van der Waals surface area contributed by atoms with Crippen molar-refractivity contribution in [3.63, 3.8) is 0 Å². The smallest absolute Gasteiger partial charge is 0.243 e. The summed E-state index contributed by atoms with van der Waals surface area (Å²) in [5, 5.41) is 5.24. The molecular formula is C16H21N3O3. The molecule has 0 unspecified atom stereocenters. The Balaban J connectivity index is 2.09. The number of nitrogens with one attached hydrogen (secondary N) is 2. The van der Waals surface area contributed by atoms with Crippen LogP contribution in [-0.4, -0.2) is 29.8 Å². The van der Waals surface area contributed by atoms with E-state index in [0.717, 1.165) is 16.7 Å². The van der Waals surface area contributed by atoms with Gasteiger partial charge in [0.1, 0.15) is 12.1 Å². The van der Waals surface area contributed by atoms with Crippen molar-refractivity contribution in [2.45, 2.75) is 45.2 Å². The molecule has 22 heavy (non-hydrogen) atoms. The van der Waals surface area contributed by atoms with Gasteiger partial charge in [-0.2, -0.15) is 0 Å². The van der Waals surface area contributed by atoms with Crippen molar-refractivity contribution < 1.29 is 14.4 Å². The van der Waals surface area contributed by atoms with Gasteiger partial charge in [-0.25, -0.2) is 0 Å². The monoisotopic (exact) mass is 303 g/mol. The van der Waals surface area contributed by atoms with Crippen molar-refractivity contribution in [3.8, 4) is 0 Å². The van der Waals surface area contributed by atoms with Gasteiger partial charge in [0.25, 0.3) is 0 Å². The number of hydrogen-bond donors (Lipinski definition) is 3. The molecule has 118 valence electrons. The van der Waals surface area contributed by atoms with Gasteiger partial charge in [-0.05, 0) is 37.0 Å². The molecule has 0 spiro atoms. The molecule has 0 aromatic heterocycles. The third kappa shape index (κ3) is 3.63. The summed E-state index contributed by atoms with van der Waals surface area (Å²) in [5.74, 6) is -1.09. The SMILES string of the molecule is Cc1cccc(C)c1C[C@H](NC(=O)[C@H]1CCC(=O)N1)C(N)=O. The Kier molecular flexibility index (Phi) is 4.80. The van der Waals surface area contributed by atoms with E-state index < -0.39 is 18.0 Å². The van der Waals surface area contributed by atoms with E-state index in [9.17, 15) is 14.4 Å². The minimum absolute atomic E-state index is 0.148. The van der Waals surface area contributed by atoms with E-state index in [1.54, 1.807) is 0 Å². The van der Waals surface area contributed by atoms with Gasteiger partial charge in [0.2, 0.25) is 17.7 Å². The average molecular weight is 303 g/mol. The maximum absolute atomic E-state index is 12.1. The van der Waals surface area contributed by atoms with E-state index in [2.05, 4.69) is 10.6 Å². The molecule has 0 saturated carbocycles. The first kappa shape index (κ1) is 16.0. The second kappa shape index (κ2) is 6.60. The van der Waals surface area contributed by atoms with Gasteiger partial charge in [-0.3, -0.25) is 14.4 Å². The van der Waals surface area contributed by atoms with Crippen LogP contribution in [0.4, 0.5) is 0 Å². The molecule has 1 aliphatic heterocycles. The van der Waals surface area contributed by atoms with Gasteiger partial charge in [0, 0.05) is 12.8 Å². The molecule has 1 aromatic rings. The van der Waals surface area contributed by atoms with Crippen molar-refractivity contribution in [1.29, 1.82) is 0 Å². The van der Waals surface area contributed by atoms with Gasteiger partial charge >= 0.3 is 0 Å². The number of nitrogens with two attached hydrogens (primary N) is 1. The van der Waals surface area contributed by atoms with Crippen LogP contribution in [0.1, 0.15) is 29.5 Å². The summed E-state index contributed by atoms with van der Waals surface area (Å²) in [5.41, 5.74) is 8.52. The fourth-order valence-corrected chi connectivity index (χ4v) is 2.68. The van der Waals surface area contributed by atoms with E-state index in [1.165, 1.54) is 0 Å². The highest BCUT2D eigenvalue weighted by molar-refractivity contribution is 5.93. The molecule has 1 heterocycles. The lowest BCUT2D eigenvalue weighted by molar-refractivity contribution is -0.129. The Morgan fingerprint density at radius 2 is 2.00 bits per heavy atom. The molecule has 1 saturated heterocycles. The standard InChI is InChI=1S/C16H21N3O3/c1-9-4-3-5-10(2)11(9)8-13(15(17)21)19-16(22)12-6-7-14(20)18-12/h3-5,12-13H,6-8H2,1-2H3,(H2,17,21)(H,18,20)(H,19,22)/t12-,13+/m1/s1. The molecule has 6 nitrogen and oxygen atoms in total. The molecule has 3 amide bonds. The molecule has 2 atom stereocenters. The van der Waals surface area contributed by atoms with Crippen LogP contribution in [0.3, 0.4) is 0 Å². The van der Waals surface area contributed by atoms with Crippen LogP contribution < -0.4 is 16.4 Å². The molecule has 2 rings (SSSR count). The molecule has 1 aromatic carbocycles. The van der Waals surface area contributed by atoms with Crippen LogP contribution in [0.5, 0.6) is 0 Å². The average Bonchev–Trinajstić information content (AvgIpc) is 2.88. The maximum Gasteiger partial charge on any atom is 0.243 e. The largest absolute Gasteiger partial charge is 0.368 e. The zero-order chi connectivity index (χ0) is 16.3. The zero-order valence-electron chi connectivity index (χ0n) is 12.8. The Morgan fingerprint density at radius 1 is 1.36 bits per heavy atom. The lowest BCUT2D eigenvalue weighted by Gasteiger charge is -2.20. The van der Waals surface area contributed by atoms with E-state index in [0.29, 0.717) is 19.3 Å². The number of aryl methyl sites for hydroxylation is 2. The van der Waals surface area contributed by atoms with Gasteiger partial charge < -0.3 is 16.4 Å². The highest BCUT2D eigenvalue weighted by Gasteiger charge is 2.30. The Labute approximate surface area is 129 Å². The number of rotatable bonds is 5. The summed E-state index contributed by atoms with van der Waals surface area (Å²) in [6, 6.07) is 4.50. The third-order valence-electron chi connectivity index (χ3n) is 4.02. The first-order valence-corrected chi connectivity index (χ1v) is 7.32. The summed E-state index contributed by atoms with van der Waals surface area (Å²) in [7, 11) is 0. The minimum atomic E-state index is -0.787. The van der Waals surface area contributed by atoms with Crippen molar-refractivity contribution >= 4 is 17.7 Å². The van der Waals surface area contributed by atoms with Gasteiger partial charge in [-0.1, -0.05) is 18.2 Å². The fourth-order valence-electron chi connectivity index (χ4n) is 2.68. The van der Waals surface area contributed by atoms with Crippen molar-refractivity contribution in [2.75, 3.05) is 0 Å². The van der Waals surface area contributed by atoms with Gasteiger partial charge in [-0.15, -0.1) is 0 Å². The summed E-state index contributed by atoms with van der Waals surface area (Å²) in [4.78, 5) is 35.0. The predicted molar refractivity (Wildman–Crippen MR) is 81.9 cm³/mol. The number of carbonyl (C=O) groups is 3. The minimum Gasteiger partial charge on any atom is -0.368 e. The fraction of sp³-hybridized carbons (Fsp3) is 0.438. The van der Waals surface area contributed by atoms with Crippen LogP contribution in [0.25, 0.3) is 0 Å². The van der Waals surface area contributed by atoms with E-state index >= 15 is 0 Å². The first-order chi connectivity index (χ1) is 10.4. The van der Waals surface area contributed by atoms with Crippen molar-refractivity contribution in [2.24, 2.45) is 5.73 Å². The van der Waals surface area contributed by atoms with Crippen LogP contribution >= 0.6 is 0 Å². The van der Waals surface area contributed by atoms with Crippen LogP contribution in [0.2, 0.25) is 0 Å². The zero-order valence-corrected chi connectivity index (χ0v) is 12.8. The maximum atomic E-state index is 12.1. The molecule has 1 aliphatic rings. The Bertz CT molecular complexity index is 592. The van der Waals surface area contributed by atoms with E-state index in [-0.39, 0.29) is 11.8 Å². The highest BCUT2D eigenvalue weighted by Crippen LogP contribution is 2.16. The number of benzene rings is 1. The summed E-state index contributed by atoms with van der Waals surface area (Å²) in [6.07, 6.45) is 1.12. The molecule has 0 radical (unpaired) electrons.